The van der Waals surface area contributed by atoms with E-state index in [1.165, 1.54) is 6.07 Å². The molecule has 1 aromatic carbocycles. The van der Waals surface area contributed by atoms with Crippen LogP contribution in [0.2, 0.25) is 5.02 Å². The number of phenolic OH excluding ortho intramolecular Hbond substituents is 1. The van der Waals surface area contributed by atoms with Gasteiger partial charge in [0.15, 0.2) is 0 Å². The van der Waals surface area contributed by atoms with E-state index in [4.69, 9.17) is 17.3 Å². The maximum atomic E-state index is 9.29. The van der Waals surface area contributed by atoms with Gasteiger partial charge in [-0.1, -0.05) is 24.9 Å². The Labute approximate surface area is 112 Å². The van der Waals surface area contributed by atoms with Crippen LogP contribution in [0.25, 0.3) is 0 Å². The monoisotopic (exact) mass is 267 g/mol. The van der Waals surface area contributed by atoms with Crippen molar-refractivity contribution in [3.05, 3.63) is 35.0 Å². The maximum Gasteiger partial charge on any atom is 0.134 e. The lowest BCUT2D eigenvalue weighted by atomic mass is 10.2. The Morgan fingerprint density at radius 1 is 1.50 bits per heavy atom. The Hall–Kier alpha value is -1.39. The molecular weight excluding hydrogens is 250 g/mol. The molecule has 18 heavy (non-hydrogen) atoms. The molecule has 0 spiro atoms. The molecule has 5 heteroatoms. The molecule has 0 saturated carbocycles. The first-order chi connectivity index (χ1) is 8.67. The number of aromatic hydroxyl groups is 1. The van der Waals surface area contributed by atoms with E-state index in [9.17, 15) is 5.11 Å². The zero-order valence-corrected chi connectivity index (χ0v) is 11.2. The van der Waals surface area contributed by atoms with E-state index in [0.29, 0.717) is 12.2 Å². The van der Waals surface area contributed by atoms with Crippen molar-refractivity contribution in [3.63, 3.8) is 0 Å². The first-order valence-corrected chi connectivity index (χ1v) is 6.34. The van der Waals surface area contributed by atoms with E-state index >= 15 is 0 Å². The van der Waals surface area contributed by atoms with Gasteiger partial charge in [-0.3, -0.25) is 0 Å². The topological polar surface area (TPSA) is 71.0 Å². The summed E-state index contributed by atoms with van der Waals surface area (Å²) in [5, 5.41) is 17.8. The van der Waals surface area contributed by atoms with Gasteiger partial charge in [-0.15, -0.1) is 0 Å². The molecule has 3 N–H and O–H groups in total. The van der Waals surface area contributed by atoms with Crippen molar-refractivity contribution in [2.75, 3.05) is 6.54 Å². The molecule has 1 rings (SSSR count). The molecule has 0 amide bonds. The SMILES string of the molecule is CCCCC(=C\CN)/N=N/c1ccc(O)c(Cl)c1. The van der Waals surface area contributed by atoms with Crippen molar-refractivity contribution >= 4 is 17.3 Å². The Balaban J connectivity index is 2.75. The summed E-state index contributed by atoms with van der Waals surface area (Å²) >= 11 is 5.79. The smallest absolute Gasteiger partial charge is 0.134 e. The fourth-order valence-electron chi connectivity index (χ4n) is 1.37. The second-order valence-electron chi connectivity index (χ2n) is 3.87. The number of unbranched alkanes of at least 4 members (excludes halogenated alkanes) is 1. The third-order valence-corrected chi connectivity index (χ3v) is 2.67. The average molecular weight is 268 g/mol. The molecule has 0 fully saturated rings. The van der Waals surface area contributed by atoms with Crippen LogP contribution >= 0.6 is 11.6 Å². The van der Waals surface area contributed by atoms with Crippen LogP contribution in [0.15, 0.2) is 40.2 Å². The molecule has 0 aromatic heterocycles. The van der Waals surface area contributed by atoms with Crippen molar-refractivity contribution in [1.82, 2.24) is 0 Å². The number of allylic oxidation sites excluding steroid dienone is 1. The lowest BCUT2D eigenvalue weighted by Crippen LogP contribution is -1.95. The lowest BCUT2D eigenvalue weighted by molar-refractivity contribution is 0.475. The van der Waals surface area contributed by atoms with Gasteiger partial charge in [-0.25, -0.2) is 0 Å². The molecular formula is C13H18ClN3O. The maximum absolute atomic E-state index is 9.29. The van der Waals surface area contributed by atoms with Gasteiger partial charge < -0.3 is 10.8 Å². The molecule has 0 aliphatic rings. The van der Waals surface area contributed by atoms with Crippen LogP contribution in [0, 0.1) is 0 Å². The van der Waals surface area contributed by atoms with Gasteiger partial charge in [0.2, 0.25) is 0 Å². The van der Waals surface area contributed by atoms with Crippen LogP contribution < -0.4 is 5.73 Å². The van der Waals surface area contributed by atoms with E-state index in [-0.39, 0.29) is 10.8 Å². The first kappa shape index (κ1) is 14.7. The quantitative estimate of drug-likeness (QED) is 0.760. The van der Waals surface area contributed by atoms with Crippen molar-refractivity contribution in [1.29, 1.82) is 0 Å². The highest BCUT2D eigenvalue weighted by molar-refractivity contribution is 6.32. The van der Waals surface area contributed by atoms with Gasteiger partial charge in [0.25, 0.3) is 0 Å². The number of benzene rings is 1. The fourth-order valence-corrected chi connectivity index (χ4v) is 1.54. The van der Waals surface area contributed by atoms with Crippen LogP contribution in [-0.2, 0) is 0 Å². The number of hydrogen-bond donors (Lipinski definition) is 2. The minimum Gasteiger partial charge on any atom is -0.506 e. The van der Waals surface area contributed by atoms with Crippen molar-refractivity contribution in [2.24, 2.45) is 16.0 Å². The van der Waals surface area contributed by atoms with Crippen molar-refractivity contribution in [3.8, 4) is 5.75 Å². The molecule has 0 radical (unpaired) electrons. The van der Waals surface area contributed by atoms with Crippen LogP contribution in [0.4, 0.5) is 5.69 Å². The summed E-state index contributed by atoms with van der Waals surface area (Å²) in [5.41, 5.74) is 6.97. The molecule has 0 aliphatic carbocycles. The first-order valence-electron chi connectivity index (χ1n) is 5.96. The largest absolute Gasteiger partial charge is 0.506 e. The normalized spacial score (nSPS) is 12.3. The summed E-state index contributed by atoms with van der Waals surface area (Å²) in [6.45, 7) is 2.57. The minimum atomic E-state index is 0.0410. The van der Waals surface area contributed by atoms with Crippen LogP contribution in [0.1, 0.15) is 26.2 Å². The third-order valence-electron chi connectivity index (χ3n) is 2.37. The molecule has 0 heterocycles. The second-order valence-corrected chi connectivity index (χ2v) is 4.28. The summed E-state index contributed by atoms with van der Waals surface area (Å²) in [5.74, 6) is 0.0410. The summed E-state index contributed by atoms with van der Waals surface area (Å²) in [6, 6.07) is 4.72. The lowest BCUT2D eigenvalue weighted by Gasteiger charge is -2.00. The number of hydrogen-bond acceptors (Lipinski definition) is 4. The summed E-state index contributed by atoms with van der Waals surface area (Å²) in [6.07, 6.45) is 4.88. The molecule has 0 unspecified atom stereocenters. The predicted octanol–water partition coefficient (Wildman–Crippen LogP) is 4.16. The zero-order chi connectivity index (χ0) is 13.4. The van der Waals surface area contributed by atoms with Crippen LogP contribution in [0.5, 0.6) is 5.75 Å². The number of rotatable bonds is 6. The van der Waals surface area contributed by atoms with Gasteiger partial charge >= 0.3 is 0 Å². The van der Waals surface area contributed by atoms with Crippen molar-refractivity contribution < 1.29 is 5.11 Å². The molecule has 0 atom stereocenters. The van der Waals surface area contributed by atoms with Gasteiger partial charge in [0, 0.05) is 6.54 Å². The second kappa shape index (κ2) is 7.84. The van der Waals surface area contributed by atoms with E-state index < -0.39 is 0 Å². The Morgan fingerprint density at radius 2 is 2.28 bits per heavy atom. The minimum absolute atomic E-state index is 0.0410. The molecule has 0 aliphatic heterocycles. The van der Waals surface area contributed by atoms with Crippen molar-refractivity contribution in [2.45, 2.75) is 26.2 Å². The Bertz CT molecular complexity index is 444. The van der Waals surface area contributed by atoms with E-state index in [1.54, 1.807) is 12.1 Å². The molecule has 1 aromatic rings. The average Bonchev–Trinajstić information content (AvgIpc) is 2.37. The number of phenols is 1. The molecule has 4 nitrogen and oxygen atoms in total. The molecule has 0 saturated heterocycles. The summed E-state index contributed by atoms with van der Waals surface area (Å²) < 4.78 is 0. The number of nitrogens with zero attached hydrogens (tertiary/aromatic N) is 2. The van der Waals surface area contributed by atoms with E-state index in [0.717, 1.165) is 25.0 Å². The van der Waals surface area contributed by atoms with Gasteiger partial charge in [0.05, 0.1) is 16.4 Å². The number of halogens is 1. The third kappa shape index (κ3) is 4.85. The fraction of sp³-hybridized carbons (Fsp3) is 0.385. The van der Waals surface area contributed by atoms with Gasteiger partial charge in [0.1, 0.15) is 5.75 Å². The van der Waals surface area contributed by atoms with Gasteiger partial charge in [-0.2, -0.15) is 10.2 Å². The summed E-state index contributed by atoms with van der Waals surface area (Å²) in [4.78, 5) is 0. The molecule has 0 bridgehead atoms. The number of nitrogens with two attached hydrogens (primary N) is 1. The predicted molar refractivity (Wildman–Crippen MR) is 74.3 cm³/mol. The summed E-state index contributed by atoms with van der Waals surface area (Å²) in [7, 11) is 0. The zero-order valence-electron chi connectivity index (χ0n) is 10.4. The number of azo groups is 1. The van der Waals surface area contributed by atoms with E-state index in [2.05, 4.69) is 17.2 Å². The van der Waals surface area contributed by atoms with Gasteiger partial charge in [-0.05, 0) is 37.1 Å². The highest BCUT2D eigenvalue weighted by Gasteiger charge is 1.99. The van der Waals surface area contributed by atoms with Crippen LogP contribution in [0.3, 0.4) is 0 Å². The molecule has 98 valence electrons. The highest BCUT2D eigenvalue weighted by atomic mass is 35.5. The highest BCUT2D eigenvalue weighted by Crippen LogP contribution is 2.28. The Kier molecular flexibility index (Phi) is 6.39. The van der Waals surface area contributed by atoms with E-state index in [1.807, 2.05) is 6.08 Å². The standard InChI is InChI=1S/C13H18ClN3O/c1-2-3-4-10(7-8-15)16-17-11-5-6-13(18)12(14)9-11/h5-7,9,18H,2-4,8,15H2,1H3/b10-7+,17-16+. The Morgan fingerprint density at radius 3 is 2.89 bits per heavy atom. The van der Waals surface area contributed by atoms with Crippen LogP contribution in [-0.4, -0.2) is 11.7 Å².